The summed E-state index contributed by atoms with van der Waals surface area (Å²) >= 11 is 0. The minimum absolute atomic E-state index is 0.125. The van der Waals surface area contributed by atoms with E-state index in [1.807, 2.05) is 32.0 Å². The molecule has 1 N–H and O–H groups in total. The summed E-state index contributed by atoms with van der Waals surface area (Å²) in [6.45, 7) is 4.50. The zero-order chi connectivity index (χ0) is 10.4. The predicted molar refractivity (Wildman–Crippen MR) is 57.2 cm³/mol. The first-order chi connectivity index (χ1) is 6.70. The van der Waals surface area contributed by atoms with Crippen LogP contribution in [-0.2, 0) is 4.79 Å². The van der Waals surface area contributed by atoms with Crippen LogP contribution in [0.2, 0.25) is 0 Å². The van der Waals surface area contributed by atoms with Gasteiger partial charge in [0, 0.05) is 25.1 Å². The van der Waals surface area contributed by atoms with Gasteiger partial charge in [0.25, 0.3) is 0 Å². The van der Waals surface area contributed by atoms with Gasteiger partial charge in [0.2, 0.25) is 0 Å². The van der Waals surface area contributed by atoms with Gasteiger partial charge in [-0.05, 0) is 12.1 Å². The summed E-state index contributed by atoms with van der Waals surface area (Å²) in [5, 5.41) is 3.10. The molecule has 0 bridgehead atoms. The van der Waals surface area contributed by atoms with E-state index in [9.17, 15) is 4.79 Å². The van der Waals surface area contributed by atoms with Crippen LogP contribution in [0.25, 0.3) is 0 Å². The van der Waals surface area contributed by atoms with Crippen molar-refractivity contribution in [1.82, 2.24) is 4.98 Å². The molecule has 76 valence electrons. The lowest BCUT2D eigenvalue weighted by atomic mass is 10.1. The Balaban J connectivity index is 2.26. The maximum atomic E-state index is 11.3. The molecular weight excluding hydrogens is 176 g/mol. The van der Waals surface area contributed by atoms with Crippen molar-refractivity contribution in [2.24, 2.45) is 5.92 Å². The topological polar surface area (TPSA) is 42.0 Å². The molecule has 1 rings (SSSR count). The maximum absolute atomic E-state index is 11.3. The molecule has 0 aromatic carbocycles. The quantitative estimate of drug-likeness (QED) is 0.776. The van der Waals surface area contributed by atoms with Gasteiger partial charge in [-0.3, -0.25) is 4.79 Å². The SMILES string of the molecule is CC(C)C(=O)CCNc1ccccn1. The average Bonchev–Trinajstić information content (AvgIpc) is 2.19. The zero-order valence-electron chi connectivity index (χ0n) is 8.66. The molecule has 0 unspecified atom stereocenters. The molecule has 3 nitrogen and oxygen atoms in total. The van der Waals surface area contributed by atoms with Gasteiger partial charge in [-0.1, -0.05) is 19.9 Å². The fraction of sp³-hybridized carbons (Fsp3) is 0.455. The highest BCUT2D eigenvalue weighted by molar-refractivity contribution is 5.80. The van der Waals surface area contributed by atoms with Gasteiger partial charge in [0.05, 0.1) is 0 Å². The Labute approximate surface area is 84.6 Å². The Hall–Kier alpha value is -1.38. The molecule has 14 heavy (non-hydrogen) atoms. The highest BCUT2D eigenvalue weighted by atomic mass is 16.1. The van der Waals surface area contributed by atoms with Gasteiger partial charge in [-0.2, -0.15) is 0 Å². The number of pyridine rings is 1. The summed E-state index contributed by atoms with van der Waals surface area (Å²) in [5.41, 5.74) is 0. The van der Waals surface area contributed by atoms with Crippen LogP contribution in [-0.4, -0.2) is 17.3 Å². The zero-order valence-corrected chi connectivity index (χ0v) is 8.66. The highest BCUT2D eigenvalue weighted by Crippen LogP contribution is 2.02. The van der Waals surface area contributed by atoms with Crippen LogP contribution in [0.1, 0.15) is 20.3 Å². The van der Waals surface area contributed by atoms with Crippen LogP contribution < -0.4 is 5.32 Å². The Morgan fingerprint density at radius 1 is 1.50 bits per heavy atom. The lowest BCUT2D eigenvalue weighted by Crippen LogP contribution is -2.13. The molecule has 0 atom stereocenters. The molecule has 0 radical (unpaired) electrons. The van der Waals surface area contributed by atoms with E-state index in [1.165, 1.54) is 0 Å². The summed E-state index contributed by atoms with van der Waals surface area (Å²) in [4.78, 5) is 15.4. The first-order valence-corrected chi connectivity index (χ1v) is 4.88. The van der Waals surface area contributed by atoms with Gasteiger partial charge in [-0.25, -0.2) is 4.98 Å². The Bertz CT molecular complexity index is 283. The number of nitrogens with zero attached hydrogens (tertiary/aromatic N) is 1. The van der Waals surface area contributed by atoms with E-state index in [-0.39, 0.29) is 11.7 Å². The van der Waals surface area contributed by atoms with E-state index >= 15 is 0 Å². The molecule has 0 aliphatic rings. The summed E-state index contributed by atoms with van der Waals surface area (Å²) in [6, 6.07) is 5.67. The molecule has 1 aromatic heterocycles. The van der Waals surface area contributed by atoms with Crippen molar-refractivity contribution >= 4 is 11.6 Å². The number of carbonyl (C=O) groups excluding carboxylic acids is 1. The number of aromatic nitrogens is 1. The van der Waals surface area contributed by atoms with Gasteiger partial charge < -0.3 is 5.32 Å². The number of hydrogen-bond acceptors (Lipinski definition) is 3. The van der Waals surface area contributed by atoms with Crippen molar-refractivity contribution in [2.75, 3.05) is 11.9 Å². The standard InChI is InChI=1S/C11H16N2O/c1-9(2)10(14)6-8-13-11-5-3-4-7-12-11/h3-5,7,9H,6,8H2,1-2H3,(H,12,13). The normalized spacial score (nSPS) is 10.2. The van der Waals surface area contributed by atoms with Crippen LogP contribution >= 0.6 is 0 Å². The summed E-state index contributed by atoms with van der Waals surface area (Å²) in [6.07, 6.45) is 2.29. The van der Waals surface area contributed by atoms with Gasteiger partial charge in [0.1, 0.15) is 11.6 Å². The molecule has 0 saturated carbocycles. The third-order valence-corrected chi connectivity index (χ3v) is 1.99. The smallest absolute Gasteiger partial charge is 0.137 e. The monoisotopic (exact) mass is 192 g/mol. The second-order valence-corrected chi connectivity index (χ2v) is 3.51. The van der Waals surface area contributed by atoms with E-state index in [4.69, 9.17) is 0 Å². The summed E-state index contributed by atoms with van der Waals surface area (Å²) in [7, 11) is 0. The number of rotatable bonds is 5. The Morgan fingerprint density at radius 2 is 2.29 bits per heavy atom. The lowest BCUT2D eigenvalue weighted by Gasteiger charge is -2.05. The molecule has 0 spiro atoms. The summed E-state index contributed by atoms with van der Waals surface area (Å²) < 4.78 is 0. The molecule has 1 heterocycles. The van der Waals surface area contributed by atoms with E-state index in [2.05, 4.69) is 10.3 Å². The summed E-state index contributed by atoms with van der Waals surface area (Å²) in [5.74, 6) is 1.23. The molecule has 0 saturated heterocycles. The van der Waals surface area contributed by atoms with Gasteiger partial charge >= 0.3 is 0 Å². The van der Waals surface area contributed by atoms with E-state index in [0.29, 0.717) is 13.0 Å². The Morgan fingerprint density at radius 3 is 2.86 bits per heavy atom. The van der Waals surface area contributed by atoms with E-state index in [1.54, 1.807) is 6.20 Å². The fourth-order valence-electron chi connectivity index (χ4n) is 1.07. The second-order valence-electron chi connectivity index (χ2n) is 3.51. The van der Waals surface area contributed by atoms with Crippen molar-refractivity contribution in [1.29, 1.82) is 0 Å². The maximum Gasteiger partial charge on any atom is 0.137 e. The largest absolute Gasteiger partial charge is 0.370 e. The number of anilines is 1. The first kappa shape index (κ1) is 10.7. The van der Waals surface area contributed by atoms with Crippen molar-refractivity contribution in [2.45, 2.75) is 20.3 Å². The second kappa shape index (κ2) is 5.37. The minimum atomic E-state index is 0.125. The number of nitrogens with one attached hydrogen (secondary N) is 1. The van der Waals surface area contributed by atoms with Crippen LogP contribution in [0, 0.1) is 5.92 Å². The molecule has 3 heteroatoms. The minimum Gasteiger partial charge on any atom is -0.370 e. The molecule has 1 aromatic rings. The third kappa shape index (κ3) is 3.56. The third-order valence-electron chi connectivity index (χ3n) is 1.99. The first-order valence-electron chi connectivity index (χ1n) is 4.88. The van der Waals surface area contributed by atoms with Crippen molar-refractivity contribution in [3.05, 3.63) is 24.4 Å². The van der Waals surface area contributed by atoms with Crippen molar-refractivity contribution in [3.63, 3.8) is 0 Å². The molecule has 0 fully saturated rings. The van der Waals surface area contributed by atoms with Crippen molar-refractivity contribution in [3.8, 4) is 0 Å². The number of Topliss-reactive ketones (excluding diaryl/α,β-unsaturated/α-hetero) is 1. The lowest BCUT2D eigenvalue weighted by molar-refractivity contribution is -0.121. The number of hydrogen-bond donors (Lipinski definition) is 1. The predicted octanol–water partition coefficient (Wildman–Crippen LogP) is 2.11. The molecule has 0 amide bonds. The molecule has 0 aliphatic carbocycles. The molecule has 0 aliphatic heterocycles. The number of ketones is 1. The van der Waals surface area contributed by atoms with E-state index in [0.717, 1.165) is 5.82 Å². The van der Waals surface area contributed by atoms with Crippen LogP contribution in [0.15, 0.2) is 24.4 Å². The average molecular weight is 192 g/mol. The fourth-order valence-corrected chi connectivity index (χ4v) is 1.07. The van der Waals surface area contributed by atoms with Crippen LogP contribution in [0.3, 0.4) is 0 Å². The van der Waals surface area contributed by atoms with Gasteiger partial charge in [-0.15, -0.1) is 0 Å². The van der Waals surface area contributed by atoms with Crippen LogP contribution in [0.4, 0.5) is 5.82 Å². The molecular formula is C11H16N2O. The number of carbonyl (C=O) groups is 1. The van der Waals surface area contributed by atoms with Crippen molar-refractivity contribution < 1.29 is 4.79 Å². The highest BCUT2D eigenvalue weighted by Gasteiger charge is 2.05. The van der Waals surface area contributed by atoms with E-state index < -0.39 is 0 Å². The Kier molecular flexibility index (Phi) is 4.11. The van der Waals surface area contributed by atoms with Gasteiger partial charge in [0.15, 0.2) is 0 Å². The van der Waals surface area contributed by atoms with Crippen LogP contribution in [0.5, 0.6) is 0 Å².